The van der Waals surface area contributed by atoms with E-state index in [2.05, 4.69) is 37.4 Å². The number of carbonyl (C=O) groups excluding carboxylic acids is 1. The van der Waals surface area contributed by atoms with Crippen LogP contribution in [0.3, 0.4) is 0 Å². The standard InChI is InChI=1S/C16H26N2O/c1-5-18(6-2)16(19)7-8-17-12-15-10-13(3)9-14(4)11-15/h9-11,17H,5-8,12H2,1-4H3. The maximum Gasteiger partial charge on any atom is 0.223 e. The van der Waals surface area contributed by atoms with E-state index in [-0.39, 0.29) is 5.91 Å². The van der Waals surface area contributed by atoms with Crippen molar-refractivity contribution >= 4 is 5.91 Å². The Labute approximate surface area is 117 Å². The van der Waals surface area contributed by atoms with Crippen molar-refractivity contribution in [3.8, 4) is 0 Å². The molecule has 0 aromatic heterocycles. The molecule has 0 fully saturated rings. The zero-order chi connectivity index (χ0) is 14.3. The number of nitrogens with zero attached hydrogens (tertiary/aromatic N) is 1. The van der Waals surface area contributed by atoms with E-state index in [1.165, 1.54) is 16.7 Å². The summed E-state index contributed by atoms with van der Waals surface area (Å²) in [7, 11) is 0. The number of nitrogens with one attached hydrogen (secondary N) is 1. The van der Waals surface area contributed by atoms with Crippen molar-refractivity contribution in [2.75, 3.05) is 19.6 Å². The fraction of sp³-hybridized carbons (Fsp3) is 0.562. The van der Waals surface area contributed by atoms with E-state index in [0.717, 1.165) is 26.2 Å². The molecular weight excluding hydrogens is 236 g/mol. The lowest BCUT2D eigenvalue weighted by atomic mass is 10.1. The molecule has 0 aliphatic heterocycles. The highest BCUT2D eigenvalue weighted by Crippen LogP contribution is 2.08. The number of hydrogen-bond acceptors (Lipinski definition) is 2. The minimum absolute atomic E-state index is 0.234. The zero-order valence-electron chi connectivity index (χ0n) is 12.6. The smallest absolute Gasteiger partial charge is 0.223 e. The van der Waals surface area contributed by atoms with Crippen molar-refractivity contribution in [1.29, 1.82) is 0 Å². The number of amides is 1. The first kappa shape index (κ1) is 15.7. The van der Waals surface area contributed by atoms with E-state index >= 15 is 0 Å². The Kier molecular flexibility index (Phi) is 6.57. The topological polar surface area (TPSA) is 32.3 Å². The number of aryl methyl sites for hydroxylation is 2. The maximum atomic E-state index is 11.8. The molecular formula is C16H26N2O. The second-order valence-electron chi connectivity index (χ2n) is 4.99. The van der Waals surface area contributed by atoms with E-state index in [9.17, 15) is 4.79 Å². The van der Waals surface area contributed by atoms with Crippen molar-refractivity contribution in [2.24, 2.45) is 0 Å². The van der Waals surface area contributed by atoms with Crippen LogP contribution in [0.5, 0.6) is 0 Å². The first-order valence-corrected chi connectivity index (χ1v) is 7.12. The van der Waals surface area contributed by atoms with E-state index in [0.29, 0.717) is 6.42 Å². The Morgan fingerprint density at radius 2 is 1.68 bits per heavy atom. The molecule has 3 nitrogen and oxygen atoms in total. The Morgan fingerprint density at radius 3 is 2.21 bits per heavy atom. The van der Waals surface area contributed by atoms with Crippen molar-refractivity contribution < 1.29 is 4.79 Å². The van der Waals surface area contributed by atoms with E-state index in [1.54, 1.807) is 0 Å². The average molecular weight is 262 g/mol. The number of rotatable bonds is 7. The second kappa shape index (κ2) is 7.95. The highest BCUT2D eigenvalue weighted by atomic mass is 16.2. The lowest BCUT2D eigenvalue weighted by Crippen LogP contribution is -2.32. The molecule has 19 heavy (non-hydrogen) atoms. The Balaban J connectivity index is 2.32. The largest absolute Gasteiger partial charge is 0.343 e. The van der Waals surface area contributed by atoms with Crippen molar-refractivity contribution in [2.45, 2.75) is 40.7 Å². The van der Waals surface area contributed by atoms with Crippen LogP contribution in [0, 0.1) is 13.8 Å². The molecule has 3 heteroatoms. The van der Waals surface area contributed by atoms with E-state index < -0.39 is 0 Å². The highest BCUT2D eigenvalue weighted by Gasteiger charge is 2.08. The van der Waals surface area contributed by atoms with Gasteiger partial charge in [-0.15, -0.1) is 0 Å². The predicted molar refractivity (Wildman–Crippen MR) is 80.2 cm³/mol. The molecule has 1 aromatic carbocycles. The number of carbonyl (C=O) groups is 1. The molecule has 0 radical (unpaired) electrons. The van der Waals surface area contributed by atoms with Gasteiger partial charge in [-0.05, 0) is 33.3 Å². The van der Waals surface area contributed by atoms with Gasteiger partial charge < -0.3 is 10.2 Å². The van der Waals surface area contributed by atoms with Gasteiger partial charge in [0, 0.05) is 32.6 Å². The average Bonchev–Trinajstić information content (AvgIpc) is 2.35. The molecule has 0 atom stereocenters. The molecule has 1 rings (SSSR count). The lowest BCUT2D eigenvalue weighted by Gasteiger charge is -2.18. The molecule has 0 heterocycles. The highest BCUT2D eigenvalue weighted by molar-refractivity contribution is 5.76. The second-order valence-corrected chi connectivity index (χ2v) is 4.99. The van der Waals surface area contributed by atoms with Crippen LogP contribution in [0.1, 0.15) is 37.0 Å². The van der Waals surface area contributed by atoms with Crippen LogP contribution in [0.2, 0.25) is 0 Å². The van der Waals surface area contributed by atoms with Gasteiger partial charge in [-0.3, -0.25) is 4.79 Å². The third-order valence-electron chi connectivity index (χ3n) is 3.24. The van der Waals surface area contributed by atoms with Gasteiger partial charge in [0.1, 0.15) is 0 Å². The fourth-order valence-electron chi connectivity index (χ4n) is 2.33. The Bertz CT molecular complexity index is 391. The fourth-order valence-corrected chi connectivity index (χ4v) is 2.33. The van der Waals surface area contributed by atoms with Crippen LogP contribution in [0.4, 0.5) is 0 Å². The summed E-state index contributed by atoms with van der Waals surface area (Å²) in [5, 5.41) is 3.34. The Hall–Kier alpha value is -1.35. The van der Waals surface area contributed by atoms with Crippen LogP contribution < -0.4 is 5.32 Å². The SMILES string of the molecule is CCN(CC)C(=O)CCNCc1cc(C)cc(C)c1. The summed E-state index contributed by atoms with van der Waals surface area (Å²) in [6, 6.07) is 6.55. The summed E-state index contributed by atoms with van der Waals surface area (Å²) in [4.78, 5) is 13.7. The van der Waals surface area contributed by atoms with Gasteiger partial charge in [0.05, 0.1) is 0 Å². The molecule has 0 bridgehead atoms. The summed E-state index contributed by atoms with van der Waals surface area (Å²) >= 11 is 0. The lowest BCUT2D eigenvalue weighted by molar-refractivity contribution is -0.130. The number of hydrogen-bond donors (Lipinski definition) is 1. The van der Waals surface area contributed by atoms with Crippen molar-refractivity contribution in [1.82, 2.24) is 10.2 Å². The van der Waals surface area contributed by atoms with Gasteiger partial charge >= 0.3 is 0 Å². The van der Waals surface area contributed by atoms with Crippen LogP contribution in [0.15, 0.2) is 18.2 Å². The van der Waals surface area contributed by atoms with Crippen LogP contribution in [-0.2, 0) is 11.3 Å². The zero-order valence-corrected chi connectivity index (χ0v) is 12.6. The molecule has 0 saturated carbocycles. The molecule has 1 N–H and O–H groups in total. The first-order chi connectivity index (χ1) is 9.06. The molecule has 0 aliphatic carbocycles. The third-order valence-corrected chi connectivity index (χ3v) is 3.24. The van der Waals surface area contributed by atoms with Gasteiger partial charge in [0.25, 0.3) is 0 Å². The number of benzene rings is 1. The van der Waals surface area contributed by atoms with Gasteiger partial charge in [0.15, 0.2) is 0 Å². The monoisotopic (exact) mass is 262 g/mol. The molecule has 0 saturated heterocycles. The van der Waals surface area contributed by atoms with Crippen LogP contribution in [0.25, 0.3) is 0 Å². The summed E-state index contributed by atoms with van der Waals surface area (Å²) in [5.74, 6) is 0.234. The summed E-state index contributed by atoms with van der Waals surface area (Å²) < 4.78 is 0. The molecule has 1 amide bonds. The van der Waals surface area contributed by atoms with Crippen molar-refractivity contribution in [3.63, 3.8) is 0 Å². The van der Waals surface area contributed by atoms with Gasteiger partial charge in [0.2, 0.25) is 5.91 Å². The molecule has 106 valence electrons. The quantitative estimate of drug-likeness (QED) is 0.766. The van der Waals surface area contributed by atoms with E-state index in [4.69, 9.17) is 0 Å². The van der Waals surface area contributed by atoms with E-state index in [1.807, 2.05) is 18.7 Å². The third kappa shape index (κ3) is 5.43. The molecule has 1 aromatic rings. The van der Waals surface area contributed by atoms with Gasteiger partial charge in [-0.1, -0.05) is 29.3 Å². The van der Waals surface area contributed by atoms with Gasteiger partial charge in [-0.25, -0.2) is 0 Å². The normalized spacial score (nSPS) is 10.5. The van der Waals surface area contributed by atoms with Crippen molar-refractivity contribution in [3.05, 3.63) is 34.9 Å². The summed E-state index contributed by atoms with van der Waals surface area (Å²) in [5.41, 5.74) is 3.86. The minimum atomic E-state index is 0.234. The first-order valence-electron chi connectivity index (χ1n) is 7.12. The predicted octanol–water partition coefficient (Wildman–Crippen LogP) is 2.65. The van der Waals surface area contributed by atoms with Gasteiger partial charge in [-0.2, -0.15) is 0 Å². The molecule has 0 spiro atoms. The van der Waals surface area contributed by atoms with Crippen LogP contribution >= 0.6 is 0 Å². The molecule has 0 aliphatic rings. The minimum Gasteiger partial charge on any atom is -0.343 e. The Morgan fingerprint density at radius 1 is 1.11 bits per heavy atom. The van der Waals surface area contributed by atoms with Crippen LogP contribution in [-0.4, -0.2) is 30.4 Å². The summed E-state index contributed by atoms with van der Waals surface area (Å²) in [6.45, 7) is 11.4. The summed E-state index contributed by atoms with van der Waals surface area (Å²) in [6.07, 6.45) is 0.576. The maximum absolute atomic E-state index is 11.8. The molecule has 0 unspecified atom stereocenters.